The average molecular weight is 317 g/mol. The third-order valence-corrected chi connectivity index (χ3v) is 4.04. The van der Waals surface area contributed by atoms with Crippen molar-refractivity contribution in [3.05, 3.63) is 35.4 Å². The Balaban J connectivity index is 2.38. The van der Waals surface area contributed by atoms with Crippen LogP contribution in [0, 0.1) is 0 Å². The van der Waals surface area contributed by atoms with Crippen LogP contribution in [0.1, 0.15) is 11.1 Å². The highest BCUT2D eigenvalue weighted by Crippen LogP contribution is 2.38. The highest BCUT2D eigenvalue weighted by atomic mass is 32.2. The monoisotopic (exact) mass is 317 g/mol. The molecule has 21 heavy (non-hydrogen) atoms. The van der Waals surface area contributed by atoms with Crippen molar-refractivity contribution in [1.29, 1.82) is 0 Å². The minimum absolute atomic E-state index is 0.162. The lowest BCUT2D eigenvalue weighted by atomic mass is 10.1. The molecule has 0 unspecified atom stereocenters. The fourth-order valence-corrected chi connectivity index (χ4v) is 3.03. The maximum absolute atomic E-state index is 13.2. The summed E-state index contributed by atoms with van der Waals surface area (Å²) in [6, 6.07) is 3.92. The maximum atomic E-state index is 13.2. The number of hydrogen-bond acceptors (Lipinski definition) is 3. The molecule has 0 spiro atoms. The van der Waals surface area contributed by atoms with E-state index in [1.807, 2.05) is 0 Å². The number of rotatable bonds is 3. The van der Waals surface area contributed by atoms with Crippen LogP contribution in [0.5, 0.6) is 0 Å². The zero-order valence-corrected chi connectivity index (χ0v) is 11.9. The number of carboxylic acid groups (broad SMARTS) is 1. The zero-order valence-electron chi connectivity index (χ0n) is 11.1. The molecule has 1 aromatic rings. The summed E-state index contributed by atoms with van der Waals surface area (Å²) in [4.78, 5) is 12.2. The van der Waals surface area contributed by atoms with E-state index in [1.165, 1.54) is 12.1 Å². The van der Waals surface area contributed by atoms with E-state index < -0.39 is 17.7 Å². The Morgan fingerprint density at radius 2 is 1.95 bits per heavy atom. The summed E-state index contributed by atoms with van der Waals surface area (Å²) >= 11 is 1.72. The fourth-order valence-electron chi connectivity index (χ4n) is 2.13. The van der Waals surface area contributed by atoms with Gasteiger partial charge in [0.25, 0.3) is 0 Å². The SMILES string of the molecule is O=C(O)/C=C/c1ccc(N2CCSCC2)c(C(F)(F)F)c1. The molecule has 7 heteroatoms. The van der Waals surface area contributed by atoms with Crippen LogP contribution in [-0.4, -0.2) is 35.7 Å². The Morgan fingerprint density at radius 1 is 1.29 bits per heavy atom. The number of halogens is 3. The standard InChI is InChI=1S/C14H14F3NO2S/c15-14(16,17)11-9-10(2-4-13(19)20)1-3-12(11)18-5-7-21-8-6-18/h1-4,9H,5-8H2,(H,19,20)/b4-2+. The molecule has 0 aliphatic carbocycles. The molecule has 1 aliphatic heterocycles. The van der Waals surface area contributed by atoms with Crippen molar-refractivity contribution < 1.29 is 23.1 Å². The van der Waals surface area contributed by atoms with Crippen LogP contribution in [0.2, 0.25) is 0 Å². The first kappa shape index (κ1) is 15.8. The molecule has 2 rings (SSSR count). The lowest BCUT2D eigenvalue weighted by Crippen LogP contribution is -2.34. The number of carboxylic acids is 1. The molecule has 1 fully saturated rings. The topological polar surface area (TPSA) is 40.5 Å². The van der Waals surface area contributed by atoms with Gasteiger partial charge in [0.1, 0.15) is 0 Å². The van der Waals surface area contributed by atoms with Gasteiger partial charge >= 0.3 is 12.1 Å². The molecular formula is C14H14F3NO2S. The van der Waals surface area contributed by atoms with Crippen LogP contribution >= 0.6 is 11.8 Å². The second-order valence-electron chi connectivity index (χ2n) is 4.55. The molecule has 3 nitrogen and oxygen atoms in total. The molecule has 0 saturated carbocycles. The summed E-state index contributed by atoms with van der Waals surface area (Å²) in [5, 5.41) is 8.54. The number of alkyl halides is 3. The molecule has 0 radical (unpaired) electrons. The highest BCUT2D eigenvalue weighted by Gasteiger charge is 2.35. The van der Waals surface area contributed by atoms with Gasteiger partial charge in [0, 0.05) is 36.4 Å². The van der Waals surface area contributed by atoms with Gasteiger partial charge in [-0.15, -0.1) is 0 Å². The lowest BCUT2D eigenvalue weighted by Gasteiger charge is -2.31. The molecule has 1 heterocycles. The van der Waals surface area contributed by atoms with Crippen LogP contribution in [-0.2, 0) is 11.0 Å². The number of anilines is 1. The minimum Gasteiger partial charge on any atom is -0.478 e. The van der Waals surface area contributed by atoms with Gasteiger partial charge in [-0.2, -0.15) is 24.9 Å². The molecule has 1 aliphatic rings. The number of benzene rings is 1. The summed E-state index contributed by atoms with van der Waals surface area (Å²) in [5.74, 6) is 0.413. The second kappa shape index (κ2) is 6.43. The Bertz CT molecular complexity index is 552. The average Bonchev–Trinajstić information content (AvgIpc) is 2.45. The van der Waals surface area contributed by atoms with Gasteiger partial charge in [-0.1, -0.05) is 6.07 Å². The third-order valence-electron chi connectivity index (χ3n) is 3.10. The van der Waals surface area contributed by atoms with Gasteiger partial charge < -0.3 is 10.0 Å². The van der Waals surface area contributed by atoms with Gasteiger partial charge in [-0.25, -0.2) is 4.79 Å². The predicted molar refractivity (Wildman–Crippen MR) is 77.7 cm³/mol. The Hall–Kier alpha value is -1.63. The normalized spacial score (nSPS) is 16.4. The van der Waals surface area contributed by atoms with E-state index >= 15 is 0 Å². The first-order valence-corrected chi connectivity index (χ1v) is 7.48. The molecule has 0 aromatic heterocycles. The highest BCUT2D eigenvalue weighted by molar-refractivity contribution is 7.99. The van der Waals surface area contributed by atoms with E-state index in [2.05, 4.69) is 0 Å². The number of thioether (sulfide) groups is 1. The number of carbonyl (C=O) groups is 1. The number of nitrogens with zero attached hydrogens (tertiary/aromatic N) is 1. The zero-order chi connectivity index (χ0) is 15.5. The van der Waals surface area contributed by atoms with E-state index in [0.717, 1.165) is 29.7 Å². The lowest BCUT2D eigenvalue weighted by molar-refractivity contribution is -0.137. The largest absolute Gasteiger partial charge is 0.478 e. The third kappa shape index (κ3) is 4.17. The summed E-state index contributed by atoms with van der Waals surface area (Å²) in [6.45, 7) is 1.16. The van der Waals surface area contributed by atoms with Crippen molar-refractivity contribution in [2.75, 3.05) is 29.5 Å². The fraction of sp³-hybridized carbons (Fsp3) is 0.357. The van der Waals surface area contributed by atoms with Crippen molar-refractivity contribution >= 4 is 29.5 Å². The molecule has 1 aromatic carbocycles. The number of hydrogen-bond donors (Lipinski definition) is 1. The van der Waals surface area contributed by atoms with Gasteiger partial charge in [0.2, 0.25) is 0 Å². The van der Waals surface area contributed by atoms with Gasteiger partial charge in [0.05, 0.1) is 5.56 Å². The van der Waals surface area contributed by atoms with E-state index in [1.54, 1.807) is 16.7 Å². The first-order valence-electron chi connectivity index (χ1n) is 6.33. The quantitative estimate of drug-likeness (QED) is 0.868. The molecule has 114 valence electrons. The summed E-state index contributed by atoms with van der Waals surface area (Å²) in [5.41, 5.74) is -0.336. The van der Waals surface area contributed by atoms with Crippen molar-refractivity contribution in [3.8, 4) is 0 Å². The molecule has 0 bridgehead atoms. The van der Waals surface area contributed by atoms with Crippen LogP contribution < -0.4 is 4.90 Å². The van der Waals surface area contributed by atoms with Crippen LogP contribution in [0.25, 0.3) is 6.08 Å². The van der Waals surface area contributed by atoms with E-state index in [9.17, 15) is 18.0 Å². The van der Waals surface area contributed by atoms with Gasteiger partial charge in [-0.05, 0) is 23.8 Å². The molecule has 1 saturated heterocycles. The van der Waals surface area contributed by atoms with Crippen molar-refractivity contribution in [2.24, 2.45) is 0 Å². The molecular weight excluding hydrogens is 303 g/mol. The Morgan fingerprint density at radius 3 is 2.52 bits per heavy atom. The van der Waals surface area contributed by atoms with Gasteiger partial charge in [0.15, 0.2) is 0 Å². The second-order valence-corrected chi connectivity index (χ2v) is 5.77. The van der Waals surface area contributed by atoms with E-state index in [-0.39, 0.29) is 11.3 Å². The molecule has 0 amide bonds. The maximum Gasteiger partial charge on any atom is 0.418 e. The van der Waals surface area contributed by atoms with Crippen molar-refractivity contribution in [2.45, 2.75) is 6.18 Å². The Kier molecular flexibility index (Phi) is 4.82. The van der Waals surface area contributed by atoms with Crippen LogP contribution in [0.4, 0.5) is 18.9 Å². The first-order chi connectivity index (χ1) is 9.88. The summed E-state index contributed by atoms with van der Waals surface area (Å²) in [7, 11) is 0. The summed E-state index contributed by atoms with van der Waals surface area (Å²) < 4.78 is 39.6. The molecule has 0 atom stereocenters. The predicted octanol–water partition coefficient (Wildman–Crippen LogP) is 3.36. The van der Waals surface area contributed by atoms with E-state index in [0.29, 0.717) is 13.1 Å². The minimum atomic E-state index is -4.47. The smallest absolute Gasteiger partial charge is 0.418 e. The summed E-state index contributed by atoms with van der Waals surface area (Å²) in [6.07, 6.45) is -2.48. The van der Waals surface area contributed by atoms with Crippen LogP contribution in [0.15, 0.2) is 24.3 Å². The molecule has 1 N–H and O–H groups in total. The van der Waals surface area contributed by atoms with Crippen LogP contribution in [0.3, 0.4) is 0 Å². The Labute approximate surface area is 124 Å². The van der Waals surface area contributed by atoms with E-state index in [4.69, 9.17) is 5.11 Å². The van der Waals surface area contributed by atoms with Crippen molar-refractivity contribution in [1.82, 2.24) is 0 Å². The number of aliphatic carboxylic acids is 1. The van der Waals surface area contributed by atoms with Crippen molar-refractivity contribution in [3.63, 3.8) is 0 Å². The van der Waals surface area contributed by atoms with Gasteiger partial charge in [-0.3, -0.25) is 0 Å².